The van der Waals surface area contributed by atoms with E-state index in [9.17, 15) is 4.79 Å². The third kappa shape index (κ3) is 3.83. The van der Waals surface area contributed by atoms with Gasteiger partial charge in [-0.25, -0.2) is 4.68 Å². The van der Waals surface area contributed by atoms with E-state index in [0.29, 0.717) is 22.9 Å². The van der Waals surface area contributed by atoms with Gasteiger partial charge < -0.3 is 19.1 Å². The number of benzene rings is 1. The summed E-state index contributed by atoms with van der Waals surface area (Å²) in [4.78, 5) is 15.1. The van der Waals surface area contributed by atoms with Crippen LogP contribution in [0.25, 0.3) is 16.9 Å². The minimum Gasteiger partial charge on any atom is -0.493 e. The van der Waals surface area contributed by atoms with Crippen LogP contribution in [0.5, 0.6) is 17.2 Å². The average molecular weight is 456 g/mol. The zero-order chi connectivity index (χ0) is 23.2. The Labute approximate surface area is 192 Å². The van der Waals surface area contributed by atoms with Gasteiger partial charge in [0.25, 0.3) is 5.91 Å². The fraction of sp³-hybridized carbons (Fsp3) is 0.417. The van der Waals surface area contributed by atoms with Crippen LogP contribution in [0.1, 0.15) is 50.7 Å². The van der Waals surface area contributed by atoms with Gasteiger partial charge in [0.05, 0.1) is 24.6 Å². The Morgan fingerprint density at radius 1 is 1.28 bits per heavy atom. The van der Waals surface area contributed by atoms with E-state index in [1.54, 1.807) is 30.4 Å². The summed E-state index contributed by atoms with van der Waals surface area (Å²) in [7, 11) is 3.41. The predicted molar refractivity (Wildman–Crippen MR) is 125 cm³/mol. The number of hydrogen-bond donors (Lipinski definition) is 0. The Kier molecular flexibility index (Phi) is 5.67. The monoisotopic (exact) mass is 455 g/mol. The molecule has 170 valence electrons. The number of hydrogen-bond acceptors (Lipinski definition) is 6. The highest BCUT2D eigenvalue weighted by Gasteiger charge is 2.34. The molecule has 3 aromatic rings. The summed E-state index contributed by atoms with van der Waals surface area (Å²) in [5, 5.41) is 8.79. The molecule has 0 unspecified atom stereocenters. The minimum atomic E-state index is -0.338. The number of rotatable bonds is 5. The standard InChI is InChI=1S/C24H29N3O4S/c1-14(2)31-20-10-16-18(11-19(20)29-7)30-12-17-21(23(28)26(6)24(3,4)5)25-27(22(16)17)15-8-9-32-13-15/h8-11,13-14H,12H2,1-7H3. The van der Waals surface area contributed by atoms with Crippen molar-refractivity contribution in [3.8, 4) is 34.2 Å². The van der Waals surface area contributed by atoms with Crippen molar-refractivity contribution in [1.29, 1.82) is 0 Å². The number of nitrogens with zero attached hydrogens (tertiary/aromatic N) is 3. The Hall–Kier alpha value is -3.00. The number of ether oxygens (including phenoxy) is 3. The molecule has 0 radical (unpaired) electrons. The van der Waals surface area contributed by atoms with Crippen LogP contribution in [0.15, 0.2) is 29.0 Å². The number of methoxy groups -OCH3 is 1. The van der Waals surface area contributed by atoms with E-state index in [2.05, 4.69) is 0 Å². The molecule has 1 aliphatic rings. The largest absolute Gasteiger partial charge is 0.493 e. The molecule has 0 saturated carbocycles. The molecule has 0 N–H and O–H groups in total. The molecule has 2 aromatic heterocycles. The lowest BCUT2D eigenvalue weighted by molar-refractivity contribution is 0.0646. The van der Waals surface area contributed by atoms with Crippen molar-refractivity contribution in [2.75, 3.05) is 14.2 Å². The lowest BCUT2D eigenvalue weighted by Crippen LogP contribution is -2.43. The summed E-state index contributed by atoms with van der Waals surface area (Å²) < 4.78 is 19.4. The van der Waals surface area contributed by atoms with Gasteiger partial charge in [-0.1, -0.05) is 0 Å². The molecule has 0 fully saturated rings. The van der Waals surface area contributed by atoms with Crippen LogP contribution in [0.3, 0.4) is 0 Å². The molecule has 32 heavy (non-hydrogen) atoms. The van der Waals surface area contributed by atoms with Gasteiger partial charge in [-0.3, -0.25) is 4.79 Å². The molecular weight excluding hydrogens is 426 g/mol. The normalized spacial score (nSPS) is 12.8. The first-order valence-corrected chi connectivity index (χ1v) is 11.5. The first-order chi connectivity index (χ1) is 15.1. The lowest BCUT2D eigenvalue weighted by atomic mass is 10.00. The van der Waals surface area contributed by atoms with Crippen LogP contribution < -0.4 is 14.2 Å². The molecule has 1 aliphatic heterocycles. The molecule has 0 spiro atoms. The summed E-state index contributed by atoms with van der Waals surface area (Å²) in [6.45, 7) is 10.2. The van der Waals surface area contributed by atoms with E-state index >= 15 is 0 Å². The van der Waals surface area contributed by atoms with E-state index in [1.807, 2.05) is 68.3 Å². The highest BCUT2D eigenvalue weighted by molar-refractivity contribution is 7.08. The van der Waals surface area contributed by atoms with Crippen LogP contribution in [0.2, 0.25) is 0 Å². The third-order valence-corrected chi connectivity index (χ3v) is 6.17. The third-order valence-electron chi connectivity index (χ3n) is 5.50. The number of carbonyl (C=O) groups excluding carboxylic acids is 1. The molecule has 0 atom stereocenters. The number of aromatic nitrogens is 2. The van der Waals surface area contributed by atoms with Crippen LogP contribution in [0, 0.1) is 0 Å². The topological polar surface area (TPSA) is 65.8 Å². The molecule has 8 heteroatoms. The molecule has 1 amide bonds. The summed E-state index contributed by atoms with van der Waals surface area (Å²) in [6.07, 6.45) is -0.0229. The number of fused-ring (bicyclic) bond motifs is 3. The minimum absolute atomic E-state index is 0.0229. The average Bonchev–Trinajstić information content (AvgIpc) is 3.38. The van der Waals surface area contributed by atoms with Crippen LogP contribution in [-0.2, 0) is 6.61 Å². The van der Waals surface area contributed by atoms with Crippen LogP contribution in [-0.4, -0.2) is 46.4 Å². The fourth-order valence-electron chi connectivity index (χ4n) is 3.56. The smallest absolute Gasteiger partial charge is 0.274 e. The van der Waals surface area contributed by atoms with Crippen molar-refractivity contribution in [2.24, 2.45) is 0 Å². The molecule has 0 bridgehead atoms. The maximum Gasteiger partial charge on any atom is 0.274 e. The first kappa shape index (κ1) is 22.2. The van der Waals surface area contributed by atoms with Gasteiger partial charge in [-0.05, 0) is 52.1 Å². The van der Waals surface area contributed by atoms with Crippen molar-refractivity contribution in [3.05, 3.63) is 40.2 Å². The Bertz CT molecular complexity index is 1140. The van der Waals surface area contributed by atoms with Gasteiger partial charge in [0, 0.05) is 35.2 Å². The molecular formula is C24H29N3O4S. The Balaban J connectivity index is 1.94. The molecule has 3 heterocycles. The zero-order valence-electron chi connectivity index (χ0n) is 19.6. The SMILES string of the molecule is COc1cc2c(cc1OC(C)C)-c1c(c(C(=O)N(C)C(C)(C)C)nn1-c1ccsc1)CO2. The summed E-state index contributed by atoms with van der Waals surface area (Å²) in [6, 6.07) is 5.74. The Morgan fingerprint density at radius 2 is 2.03 bits per heavy atom. The highest BCUT2D eigenvalue weighted by Crippen LogP contribution is 2.46. The van der Waals surface area contributed by atoms with Crippen molar-refractivity contribution in [2.45, 2.75) is 52.9 Å². The Morgan fingerprint density at radius 3 is 2.62 bits per heavy atom. The maximum absolute atomic E-state index is 13.4. The maximum atomic E-state index is 13.4. The number of thiophene rings is 1. The second-order valence-electron chi connectivity index (χ2n) is 9.06. The molecule has 0 saturated heterocycles. The summed E-state index contributed by atoms with van der Waals surface area (Å²) in [5.74, 6) is 1.76. The van der Waals surface area contributed by atoms with E-state index in [-0.39, 0.29) is 24.2 Å². The fourth-order valence-corrected chi connectivity index (χ4v) is 4.18. The summed E-state index contributed by atoms with van der Waals surface area (Å²) in [5.41, 5.74) is 3.39. The molecule has 7 nitrogen and oxygen atoms in total. The van der Waals surface area contributed by atoms with Gasteiger partial charge in [0.15, 0.2) is 17.2 Å². The van der Waals surface area contributed by atoms with E-state index in [4.69, 9.17) is 19.3 Å². The van der Waals surface area contributed by atoms with E-state index < -0.39 is 0 Å². The first-order valence-electron chi connectivity index (χ1n) is 10.6. The van der Waals surface area contributed by atoms with Crippen molar-refractivity contribution >= 4 is 17.2 Å². The highest BCUT2D eigenvalue weighted by atomic mass is 32.1. The molecule has 4 rings (SSSR count). The second-order valence-corrected chi connectivity index (χ2v) is 9.84. The summed E-state index contributed by atoms with van der Waals surface area (Å²) >= 11 is 1.58. The number of carbonyl (C=O) groups is 1. The lowest BCUT2D eigenvalue weighted by Gasteiger charge is -2.31. The van der Waals surface area contributed by atoms with Crippen molar-refractivity contribution in [1.82, 2.24) is 14.7 Å². The van der Waals surface area contributed by atoms with Gasteiger partial charge in [0.2, 0.25) is 0 Å². The van der Waals surface area contributed by atoms with Crippen LogP contribution in [0.4, 0.5) is 0 Å². The number of amides is 1. The predicted octanol–water partition coefficient (Wildman–Crippen LogP) is 5.16. The van der Waals surface area contributed by atoms with Gasteiger partial charge in [-0.15, -0.1) is 0 Å². The van der Waals surface area contributed by atoms with Crippen molar-refractivity contribution < 1.29 is 19.0 Å². The van der Waals surface area contributed by atoms with Crippen LogP contribution >= 0.6 is 11.3 Å². The van der Waals surface area contributed by atoms with E-state index in [1.165, 1.54) is 0 Å². The zero-order valence-corrected chi connectivity index (χ0v) is 20.4. The quantitative estimate of drug-likeness (QED) is 0.532. The molecule has 0 aliphatic carbocycles. The second kappa shape index (κ2) is 8.16. The van der Waals surface area contributed by atoms with E-state index in [0.717, 1.165) is 22.5 Å². The van der Waals surface area contributed by atoms with Crippen molar-refractivity contribution in [3.63, 3.8) is 0 Å². The van der Waals surface area contributed by atoms with Gasteiger partial charge >= 0.3 is 0 Å². The van der Waals surface area contributed by atoms with Gasteiger partial charge in [-0.2, -0.15) is 16.4 Å². The molecule has 1 aromatic carbocycles. The van der Waals surface area contributed by atoms with Gasteiger partial charge in [0.1, 0.15) is 12.4 Å².